The summed E-state index contributed by atoms with van der Waals surface area (Å²) in [5.74, 6) is 1.66. The molecule has 2 rings (SSSR count). The third-order valence-corrected chi connectivity index (χ3v) is 6.85. The van der Waals surface area contributed by atoms with E-state index in [1.807, 2.05) is 12.1 Å². The summed E-state index contributed by atoms with van der Waals surface area (Å²) >= 11 is 0. The summed E-state index contributed by atoms with van der Waals surface area (Å²) in [5.41, 5.74) is 7.74. The zero-order chi connectivity index (χ0) is 32.6. The van der Waals surface area contributed by atoms with E-state index in [1.165, 1.54) is 44.1 Å². The quantitative estimate of drug-likeness (QED) is 0.0759. The topological polar surface area (TPSA) is 109 Å². The second-order valence-electron chi connectivity index (χ2n) is 10.7. The molecule has 0 aliphatic heterocycles. The minimum absolute atomic E-state index is 0.480. The molecule has 0 heterocycles. The number of aryl methyl sites for hydroxylation is 1. The molecule has 0 amide bonds. The van der Waals surface area contributed by atoms with Crippen molar-refractivity contribution in [3.05, 3.63) is 54.1 Å². The van der Waals surface area contributed by atoms with E-state index in [-0.39, 0.29) is 0 Å². The van der Waals surface area contributed by atoms with Crippen LogP contribution in [-0.2, 0) is 39.6 Å². The van der Waals surface area contributed by atoms with E-state index in [4.69, 9.17) is 48.4 Å². The van der Waals surface area contributed by atoms with Crippen LogP contribution in [0.3, 0.4) is 0 Å². The number of unbranched alkanes of at least 4 members (excludes halogenated alkanes) is 5. The zero-order valence-corrected chi connectivity index (χ0v) is 28.1. The summed E-state index contributed by atoms with van der Waals surface area (Å²) in [6.07, 6.45) is 9.10. The Bertz CT molecular complexity index is 915. The van der Waals surface area contributed by atoms with Crippen molar-refractivity contribution in [1.82, 2.24) is 0 Å². The second-order valence-corrected chi connectivity index (χ2v) is 10.7. The molecular formula is C36H59NO9. The summed E-state index contributed by atoms with van der Waals surface area (Å²) in [5, 5.41) is 0. The summed E-state index contributed by atoms with van der Waals surface area (Å²) in [4.78, 5) is 0. The molecule has 0 unspecified atom stereocenters. The summed E-state index contributed by atoms with van der Waals surface area (Å²) in [6, 6.07) is 15.7. The van der Waals surface area contributed by atoms with Crippen molar-refractivity contribution in [2.75, 3.05) is 111 Å². The molecule has 46 heavy (non-hydrogen) atoms. The van der Waals surface area contributed by atoms with E-state index in [1.54, 1.807) is 12.1 Å². The number of nitrogen functional groups attached to an aromatic ring is 1. The van der Waals surface area contributed by atoms with Crippen LogP contribution in [0.4, 0.5) is 5.69 Å². The number of benzene rings is 2. The van der Waals surface area contributed by atoms with Crippen LogP contribution in [0.2, 0.25) is 0 Å². The van der Waals surface area contributed by atoms with Crippen molar-refractivity contribution >= 4 is 5.69 Å². The van der Waals surface area contributed by atoms with Crippen LogP contribution in [0.1, 0.15) is 51.0 Å². The van der Waals surface area contributed by atoms with Gasteiger partial charge in [0.2, 0.25) is 0 Å². The van der Waals surface area contributed by atoms with Crippen LogP contribution >= 0.6 is 0 Å². The molecule has 0 spiro atoms. The van der Waals surface area contributed by atoms with Gasteiger partial charge in [-0.25, -0.2) is 0 Å². The molecule has 0 saturated heterocycles. The third kappa shape index (κ3) is 23.8. The van der Waals surface area contributed by atoms with Gasteiger partial charge in [-0.1, -0.05) is 51.2 Å². The highest BCUT2D eigenvalue weighted by molar-refractivity contribution is 5.41. The molecule has 0 aliphatic carbocycles. The maximum atomic E-state index is 5.77. The highest BCUT2D eigenvalue weighted by Crippen LogP contribution is 2.15. The predicted octanol–water partition coefficient (Wildman–Crippen LogP) is 5.75. The zero-order valence-electron chi connectivity index (χ0n) is 28.1. The van der Waals surface area contributed by atoms with E-state index in [0.29, 0.717) is 111 Å². The third-order valence-electron chi connectivity index (χ3n) is 6.85. The first-order valence-electron chi connectivity index (χ1n) is 17.0. The Balaban J connectivity index is 1.21. The van der Waals surface area contributed by atoms with Gasteiger partial charge in [-0.2, -0.15) is 0 Å². The average molecular weight is 650 g/mol. The smallest absolute Gasteiger partial charge is 0.119 e. The molecule has 0 atom stereocenters. The Morgan fingerprint density at radius 2 is 0.717 bits per heavy atom. The lowest BCUT2D eigenvalue weighted by Crippen LogP contribution is -2.15. The van der Waals surface area contributed by atoms with Gasteiger partial charge in [0.1, 0.15) is 24.7 Å². The van der Waals surface area contributed by atoms with Gasteiger partial charge in [0.05, 0.1) is 92.5 Å². The Morgan fingerprint density at radius 1 is 0.391 bits per heavy atom. The van der Waals surface area contributed by atoms with Crippen LogP contribution in [0.5, 0.6) is 11.5 Å². The SMILES string of the molecule is CCCCCCCCc1ccc(OCCOCCOCCOCCOCCOCCOCCOCCOc2ccc(N)cc2)cc1. The van der Waals surface area contributed by atoms with Gasteiger partial charge in [-0.15, -0.1) is 0 Å². The second kappa shape index (κ2) is 29.9. The fourth-order valence-electron chi connectivity index (χ4n) is 4.28. The van der Waals surface area contributed by atoms with Gasteiger partial charge in [0.15, 0.2) is 0 Å². The van der Waals surface area contributed by atoms with Gasteiger partial charge in [0, 0.05) is 5.69 Å². The van der Waals surface area contributed by atoms with E-state index in [9.17, 15) is 0 Å². The molecule has 10 heteroatoms. The molecule has 2 aromatic rings. The molecule has 0 bridgehead atoms. The minimum Gasteiger partial charge on any atom is -0.491 e. The lowest BCUT2D eigenvalue weighted by Gasteiger charge is -2.09. The minimum atomic E-state index is 0.480. The molecule has 0 radical (unpaired) electrons. The van der Waals surface area contributed by atoms with E-state index < -0.39 is 0 Å². The molecule has 262 valence electrons. The summed E-state index contributed by atoms with van der Waals surface area (Å²) in [7, 11) is 0. The van der Waals surface area contributed by atoms with Crippen molar-refractivity contribution in [2.45, 2.75) is 51.9 Å². The van der Waals surface area contributed by atoms with E-state index in [2.05, 4.69) is 31.2 Å². The lowest BCUT2D eigenvalue weighted by atomic mass is 10.0. The van der Waals surface area contributed by atoms with Crippen molar-refractivity contribution < 1.29 is 42.6 Å². The van der Waals surface area contributed by atoms with E-state index >= 15 is 0 Å². The first kappa shape index (κ1) is 39.7. The van der Waals surface area contributed by atoms with Crippen molar-refractivity contribution in [3.63, 3.8) is 0 Å². The highest BCUT2D eigenvalue weighted by atomic mass is 16.6. The number of ether oxygens (including phenoxy) is 9. The Kier molecular flexibility index (Phi) is 25.9. The van der Waals surface area contributed by atoms with Crippen molar-refractivity contribution in [3.8, 4) is 11.5 Å². The number of hydrogen-bond donors (Lipinski definition) is 1. The molecule has 0 saturated carbocycles. The highest BCUT2D eigenvalue weighted by Gasteiger charge is 1.99. The van der Waals surface area contributed by atoms with Crippen LogP contribution in [-0.4, -0.2) is 106 Å². The number of anilines is 1. The molecule has 0 aliphatic rings. The van der Waals surface area contributed by atoms with Gasteiger partial charge >= 0.3 is 0 Å². The normalized spacial score (nSPS) is 11.2. The number of hydrogen-bond acceptors (Lipinski definition) is 10. The predicted molar refractivity (Wildman–Crippen MR) is 181 cm³/mol. The molecule has 2 N–H and O–H groups in total. The van der Waals surface area contributed by atoms with Gasteiger partial charge in [0.25, 0.3) is 0 Å². The summed E-state index contributed by atoms with van der Waals surface area (Å²) in [6.45, 7) is 10.5. The summed E-state index contributed by atoms with van der Waals surface area (Å²) < 4.78 is 49.9. The van der Waals surface area contributed by atoms with Gasteiger partial charge < -0.3 is 48.4 Å². The molecule has 10 nitrogen and oxygen atoms in total. The van der Waals surface area contributed by atoms with Gasteiger partial charge in [-0.3, -0.25) is 0 Å². The standard InChI is InChI=1S/C36H59NO9/c1-2-3-4-5-6-7-8-33-9-13-35(14-10-33)45-31-29-43-27-25-41-23-21-39-19-17-38-18-20-40-22-24-42-26-28-44-30-32-46-36-15-11-34(37)12-16-36/h9-16H,2-8,17-32,37H2,1H3. The Labute approximate surface area is 277 Å². The molecule has 2 aromatic carbocycles. The molecule has 0 fully saturated rings. The van der Waals surface area contributed by atoms with Crippen LogP contribution < -0.4 is 15.2 Å². The first-order chi connectivity index (χ1) is 22.8. The van der Waals surface area contributed by atoms with Crippen LogP contribution in [0.25, 0.3) is 0 Å². The van der Waals surface area contributed by atoms with Crippen LogP contribution in [0, 0.1) is 0 Å². The maximum absolute atomic E-state index is 5.77. The fourth-order valence-corrected chi connectivity index (χ4v) is 4.28. The average Bonchev–Trinajstić information content (AvgIpc) is 3.07. The fraction of sp³-hybridized carbons (Fsp3) is 0.667. The number of nitrogens with two attached hydrogens (primary N) is 1. The number of rotatable bonds is 33. The van der Waals surface area contributed by atoms with Crippen LogP contribution in [0.15, 0.2) is 48.5 Å². The monoisotopic (exact) mass is 649 g/mol. The largest absolute Gasteiger partial charge is 0.491 e. The van der Waals surface area contributed by atoms with E-state index in [0.717, 1.165) is 17.9 Å². The first-order valence-corrected chi connectivity index (χ1v) is 17.0. The Hall–Kier alpha value is -2.44. The Morgan fingerprint density at radius 3 is 1.11 bits per heavy atom. The molecule has 0 aromatic heterocycles. The maximum Gasteiger partial charge on any atom is 0.119 e. The lowest BCUT2D eigenvalue weighted by molar-refractivity contribution is -0.0218. The van der Waals surface area contributed by atoms with Crippen molar-refractivity contribution in [2.24, 2.45) is 0 Å². The van der Waals surface area contributed by atoms with Gasteiger partial charge in [-0.05, 0) is 54.8 Å². The molecular weight excluding hydrogens is 590 g/mol. The van der Waals surface area contributed by atoms with Crippen molar-refractivity contribution in [1.29, 1.82) is 0 Å².